The zero-order valence-electron chi connectivity index (χ0n) is 23.1. The summed E-state index contributed by atoms with van der Waals surface area (Å²) in [5.74, 6) is 0.811. The number of fused-ring (bicyclic) bond motifs is 3. The van der Waals surface area contributed by atoms with Crippen LogP contribution < -0.4 is 10.2 Å². The Bertz CT molecular complexity index is 1450. The molecule has 2 atom stereocenters. The first-order valence-electron chi connectivity index (χ1n) is 13.0. The largest absolute Gasteiger partial charge is 0.444 e. The molecule has 0 aromatic carbocycles. The Morgan fingerprint density at radius 2 is 1.74 bits per heavy atom. The molecule has 204 valence electrons. The quantitative estimate of drug-likeness (QED) is 0.510. The van der Waals surface area contributed by atoms with Crippen molar-refractivity contribution in [3.63, 3.8) is 0 Å². The minimum Gasteiger partial charge on any atom is -0.444 e. The third-order valence-electron chi connectivity index (χ3n) is 6.56. The zero-order valence-corrected chi connectivity index (χ0v) is 23.1. The third kappa shape index (κ3) is 5.46. The Balaban J connectivity index is 1.37. The maximum absolute atomic E-state index is 12.6. The second-order valence-corrected chi connectivity index (χ2v) is 12.0. The maximum atomic E-state index is 12.6. The van der Waals surface area contributed by atoms with E-state index in [1.807, 2.05) is 37.8 Å². The number of hydrogen-bond acceptors (Lipinski definition) is 8. The predicted octanol–water partition coefficient (Wildman–Crippen LogP) is 4.81. The summed E-state index contributed by atoms with van der Waals surface area (Å²) in [4.78, 5) is 33.7. The first-order valence-corrected chi connectivity index (χ1v) is 13.0. The van der Waals surface area contributed by atoms with Gasteiger partial charge in [-0.15, -0.1) is 0 Å². The molecule has 2 unspecified atom stereocenters. The number of pyridine rings is 2. The number of nitrogens with one attached hydrogen (secondary N) is 1. The second-order valence-electron chi connectivity index (χ2n) is 12.0. The van der Waals surface area contributed by atoms with E-state index in [1.54, 1.807) is 43.7 Å². The van der Waals surface area contributed by atoms with Crippen LogP contribution in [0.1, 0.15) is 53.5 Å². The first kappa shape index (κ1) is 26.3. The number of piperazine rings is 1. The number of amides is 2. The van der Waals surface area contributed by atoms with Crippen molar-refractivity contribution in [3.8, 4) is 17.2 Å². The molecule has 11 nitrogen and oxygen atoms in total. The van der Waals surface area contributed by atoms with E-state index in [0.29, 0.717) is 35.4 Å². The number of carbonyl (C=O) groups excluding carboxylic acids is 2. The molecular formula is C28H33N7O4. The molecule has 3 fully saturated rings. The van der Waals surface area contributed by atoms with Gasteiger partial charge in [0.25, 0.3) is 0 Å². The van der Waals surface area contributed by atoms with Crippen LogP contribution in [0.25, 0.3) is 16.6 Å². The van der Waals surface area contributed by atoms with Crippen LogP contribution in [0.15, 0.2) is 36.8 Å². The van der Waals surface area contributed by atoms with Crippen LogP contribution >= 0.6 is 0 Å². The molecule has 2 bridgehead atoms. The average Bonchev–Trinajstić information content (AvgIpc) is 3.24. The van der Waals surface area contributed by atoms with Gasteiger partial charge in [-0.3, -0.25) is 10.2 Å². The maximum Gasteiger partial charge on any atom is 0.412 e. The van der Waals surface area contributed by atoms with E-state index < -0.39 is 17.3 Å². The SMILES string of the molecule is CC(C)(C)OC(=O)Nc1cc(-c2ccc(N3CC4CC(C3)N4C(=O)OC(C)(C)C)nc2)c2c(C#N)cnn2c1. The molecule has 0 radical (unpaired) electrons. The lowest BCUT2D eigenvalue weighted by Crippen LogP contribution is -2.70. The summed E-state index contributed by atoms with van der Waals surface area (Å²) in [7, 11) is 0. The number of hydrogen-bond donors (Lipinski definition) is 1. The average molecular weight is 532 g/mol. The molecule has 1 N–H and O–H groups in total. The van der Waals surface area contributed by atoms with Gasteiger partial charge in [0.2, 0.25) is 0 Å². The topological polar surface area (TPSA) is 125 Å². The summed E-state index contributed by atoms with van der Waals surface area (Å²) in [5, 5.41) is 16.7. The van der Waals surface area contributed by atoms with Crippen LogP contribution in [-0.4, -0.2) is 68.1 Å². The smallest absolute Gasteiger partial charge is 0.412 e. The molecule has 0 saturated carbocycles. The third-order valence-corrected chi connectivity index (χ3v) is 6.56. The Morgan fingerprint density at radius 1 is 1.05 bits per heavy atom. The lowest BCUT2D eigenvalue weighted by atomic mass is 9.88. The molecule has 2 amide bonds. The number of nitrogens with zero attached hydrogens (tertiary/aromatic N) is 6. The van der Waals surface area contributed by atoms with Crippen molar-refractivity contribution in [1.82, 2.24) is 19.5 Å². The van der Waals surface area contributed by atoms with Gasteiger partial charge in [-0.25, -0.2) is 19.1 Å². The van der Waals surface area contributed by atoms with Crippen LogP contribution in [0.2, 0.25) is 0 Å². The summed E-state index contributed by atoms with van der Waals surface area (Å²) in [6, 6.07) is 8.04. The van der Waals surface area contributed by atoms with E-state index in [2.05, 4.69) is 21.4 Å². The molecule has 3 aliphatic rings. The molecule has 3 aromatic rings. The molecule has 6 rings (SSSR count). The van der Waals surface area contributed by atoms with Crippen LogP contribution in [-0.2, 0) is 9.47 Å². The highest BCUT2D eigenvalue weighted by Crippen LogP contribution is 2.36. The van der Waals surface area contributed by atoms with Crippen LogP contribution in [0, 0.1) is 11.3 Å². The fraction of sp³-hybridized carbons (Fsp3) is 0.464. The Kier molecular flexibility index (Phi) is 6.37. The number of rotatable bonds is 3. The second kappa shape index (κ2) is 9.45. The molecule has 0 spiro atoms. The van der Waals surface area contributed by atoms with Gasteiger partial charge in [0.05, 0.1) is 41.2 Å². The number of piperidine rings is 1. The van der Waals surface area contributed by atoms with Crippen molar-refractivity contribution in [3.05, 3.63) is 42.4 Å². The van der Waals surface area contributed by atoms with Crippen molar-refractivity contribution in [2.45, 2.75) is 71.2 Å². The van der Waals surface area contributed by atoms with E-state index in [-0.39, 0.29) is 18.2 Å². The van der Waals surface area contributed by atoms with Crippen molar-refractivity contribution in [2.75, 3.05) is 23.3 Å². The Hall–Kier alpha value is -4.33. The fourth-order valence-corrected chi connectivity index (χ4v) is 5.06. The van der Waals surface area contributed by atoms with E-state index in [4.69, 9.17) is 14.5 Å². The number of carbonyl (C=O) groups is 2. The Labute approximate surface area is 227 Å². The molecule has 11 heteroatoms. The highest BCUT2D eigenvalue weighted by Gasteiger charge is 2.49. The van der Waals surface area contributed by atoms with Crippen molar-refractivity contribution in [1.29, 1.82) is 5.26 Å². The van der Waals surface area contributed by atoms with E-state index in [9.17, 15) is 14.9 Å². The predicted molar refractivity (Wildman–Crippen MR) is 145 cm³/mol. The number of anilines is 2. The summed E-state index contributed by atoms with van der Waals surface area (Å²) in [6.07, 6.45) is 5.00. The number of nitriles is 1. The zero-order chi connectivity index (χ0) is 28.1. The minimum atomic E-state index is -0.643. The van der Waals surface area contributed by atoms with Crippen molar-refractivity contribution < 1.29 is 19.1 Å². The molecule has 39 heavy (non-hydrogen) atoms. The van der Waals surface area contributed by atoms with Gasteiger partial charge in [-0.2, -0.15) is 10.4 Å². The number of aromatic nitrogens is 3. The molecule has 3 saturated heterocycles. The fourth-order valence-electron chi connectivity index (χ4n) is 5.06. The van der Waals surface area contributed by atoms with Crippen LogP contribution in [0.5, 0.6) is 0 Å². The van der Waals surface area contributed by atoms with Crippen molar-refractivity contribution in [2.24, 2.45) is 0 Å². The molecule has 6 heterocycles. The van der Waals surface area contributed by atoms with Gasteiger partial charge in [0.15, 0.2) is 0 Å². The van der Waals surface area contributed by atoms with Gasteiger partial charge >= 0.3 is 12.2 Å². The monoisotopic (exact) mass is 531 g/mol. The van der Waals surface area contributed by atoms with E-state index >= 15 is 0 Å². The van der Waals surface area contributed by atoms with Gasteiger partial charge < -0.3 is 14.4 Å². The summed E-state index contributed by atoms with van der Waals surface area (Å²) >= 11 is 0. The van der Waals surface area contributed by atoms with E-state index in [0.717, 1.165) is 17.8 Å². The summed E-state index contributed by atoms with van der Waals surface area (Å²) in [6.45, 7) is 12.4. The van der Waals surface area contributed by atoms with Gasteiger partial charge in [0, 0.05) is 30.4 Å². The van der Waals surface area contributed by atoms with Gasteiger partial charge in [0.1, 0.15) is 23.1 Å². The standard InChI is InChI=1S/C28H33N7O4/c1-27(2,3)38-25(36)32-19-9-22(24-18(11-29)13-31-34(24)14-19)17-7-8-23(30-12-17)33-15-20-10-21(16-33)35(20)26(37)39-28(4,5)6/h7-9,12-14,20-21H,10,15-16H2,1-6H3,(H,32,36). The van der Waals surface area contributed by atoms with Crippen LogP contribution in [0.4, 0.5) is 21.1 Å². The lowest BCUT2D eigenvalue weighted by Gasteiger charge is -2.56. The molecular weight excluding hydrogens is 498 g/mol. The highest BCUT2D eigenvalue weighted by atomic mass is 16.6. The van der Waals surface area contributed by atoms with Crippen molar-refractivity contribution >= 4 is 29.2 Å². The summed E-state index contributed by atoms with van der Waals surface area (Å²) in [5.41, 5.74) is 1.81. The first-order chi connectivity index (χ1) is 18.3. The normalized spacial score (nSPS) is 18.8. The highest BCUT2D eigenvalue weighted by molar-refractivity contribution is 5.91. The van der Waals surface area contributed by atoms with Gasteiger partial charge in [-0.1, -0.05) is 0 Å². The van der Waals surface area contributed by atoms with Crippen LogP contribution in [0.3, 0.4) is 0 Å². The lowest BCUT2D eigenvalue weighted by molar-refractivity contribution is -0.0380. The minimum absolute atomic E-state index is 0.0975. The Morgan fingerprint density at radius 3 is 2.33 bits per heavy atom. The van der Waals surface area contributed by atoms with E-state index in [1.165, 1.54) is 6.20 Å². The van der Waals surface area contributed by atoms with Gasteiger partial charge in [-0.05, 0) is 66.2 Å². The number of ether oxygens (including phenoxy) is 2. The molecule has 3 aliphatic heterocycles. The summed E-state index contributed by atoms with van der Waals surface area (Å²) < 4.78 is 12.5. The molecule has 0 aliphatic carbocycles. The molecule has 3 aromatic heterocycles.